The minimum Gasteiger partial charge on any atom is -0.395 e. The molecule has 1 spiro atoms. The third-order valence-corrected chi connectivity index (χ3v) is 15.9. The molecule has 11 nitrogen and oxygen atoms in total. The Balaban J connectivity index is 1.12. The van der Waals surface area contributed by atoms with Crippen molar-refractivity contribution in [3.63, 3.8) is 0 Å². The second kappa shape index (κ2) is 17.7. The maximum absolute atomic E-state index is 16.8. The molecule has 4 aliphatic heterocycles. The monoisotopic (exact) mass is 834 g/mol. The van der Waals surface area contributed by atoms with Crippen LogP contribution < -0.4 is 14.7 Å². The van der Waals surface area contributed by atoms with Gasteiger partial charge in [0.2, 0.25) is 20.2 Å². The molecule has 8 rings (SSSR count). The molecule has 1 N–H and O–H groups in total. The molecule has 4 aromatic rings. The number of hydrogen-bond acceptors (Lipinski definition) is 7. The van der Waals surface area contributed by atoms with Crippen LogP contribution in [0.1, 0.15) is 106 Å². The molecule has 0 radical (unpaired) electrons. The van der Waals surface area contributed by atoms with Crippen LogP contribution in [0.5, 0.6) is 0 Å². The van der Waals surface area contributed by atoms with Crippen LogP contribution in [0.4, 0.5) is 21.2 Å². The smallest absolute Gasteiger partial charge is 0.264 e. The van der Waals surface area contributed by atoms with Gasteiger partial charge in [0.1, 0.15) is 0 Å². The first-order chi connectivity index (χ1) is 29.0. The number of carbonyl (C=O) groups excluding carboxylic acids is 3. The molecule has 0 bridgehead atoms. The number of anilines is 3. The number of carbonyl (C=O) groups is 3. The molecule has 318 valence electrons. The molecule has 5 heterocycles. The molecule has 3 saturated heterocycles. The van der Waals surface area contributed by atoms with Gasteiger partial charge in [0.05, 0.1) is 36.6 Å². The largest absolute Gasteiger partial charge is 0.395 e. The van der Waals surface area contributed by atoms with Crippen molar-refractivity contribution in [1.29, 1.82) is 0 Å². The number of halogens is 1. The Morgan fingerprint density at radius 3 is 2.13 bits per heavy atom. The van der Waals surface area contributed by atoms with E-state index in [0.29, 0.717) is 55.8 Å². The van der Waals surface area contributed by atoms with E-state index in [-0.39, 0.29) is 36.8 Å². The van der Waals surface area contributed by atoms with Gasteiger partial charge in [-0.05, 0) is 86.7 Å². The second-order valence-electron chi connectivity index (χ2n) is 17.8. The van der Waals surface area contributed by atoms with Crippen molar-refractivity contribution in [1.82, 2.24) is 15.0 Å². The van der Waals surface area contributed by atoms with Crippen molar-refractivity contribution in [3.8, 4) is 0 Å². The lowest BCUT2D eigenvalue weighted by molar-refractivity contribution is -0.146. The summed E-state index contributed by atoms with van der Waals surface area (Å²) in [7, 11) is -3.47. The quantitative estimate of drug-likeness (QED) is 0.119. The van der Waals surface area contributed by atoms with E-state index in [9.17, 15) is 14.7 Å². The van der Waals surface area contributed by atoms with E-state index in [1.807, 2.05) is 95.7 Å². The van der Waals surface area contributed by atoms with Crippen LogP contribution in [0, 0.1) is 5.92 Å². The first kappa shape index (κ1) is 42.0. The number of benzene rings is 3. The zero-order chi connectivity index (χ0) is 42.0. The van der Waals surface area contributed by atoms with Crippen LogP contribution in [0.2, 0.25) is 18.6 Å². The van der Waals surface area contributed by atoms with E-state index in [0.717, 1.165) is 73.9 Å². The zero-order valence-corrected chi connectivity index (χ0v) is 36.3. The molecular formula is C47H59FN6O5Si. The highest BCUT2D eigenvalue weighted by Gasteiger charge is 2.66. The van der Waals surface area contributed by atoms with Crippen LogP contribution in [0.3, 0.4) is 0 Å². The highest BCUT2D eigenvalue weighted by molar-refractivity contribution is 6.72. The SMILES string of the molecule is C[C@@H]1[C@@H]([Si](C)(C)F)[C@H](CCn2cc(C(CO)c3ccccc3)nn2)O[C@@]12C(=O)N(Cc1ccc(N3CCCCCCC3=O)cc1)c1ccc(N3CCCCCCC3=O)cc12. The van der Waals surface area contributed by atoms with Gasteiger partial charge in [-0.2, -0.15) is 0 Å². The topological polar surface area (TPSA) is 121 Å². The predicted octanol–water partition coefficient (Wildman–Crippen LogP) is 8.41. The Hall–Kier alpha value is -4.72. The fourth-order valence-corrected chi connectivity index (χ4v) is 12.9. The van der Waals surface area contributed by atoms with E-state index in [1.54, 1.807) is 22.7 Å². The first-order valence-electron chi connectivity index (χ1n) is 22.1. The summed E-state index contributed by atoms with van der Waals surface area (Å²) in [4.78, 5) is 47.4. The summed E-state index contributed by atoms with van der Waals surface area (Å²) in [6.07, 6.45) is 10.5. The van der Waals surface area contributed by atoms with E-state index in [1.165, 1.54) is 0 Å². The summed E-state index contributed by atoms with van der Waals surface area (Å²) in [5, 5.41) is 19.1. The highest BCUT2D eigenvalue weighted by atomic mass is 28.4. The molecule has 3 aromatic carbocycles. The average molecular weight is 835 g/mol. The normalized spacial score (nSPS) is 24.6. The van der Waals surface area contributed by atoms with Crippen molar-refractivity contribution >= 4 is 43.2 Å². The maximum atomic E-state index is 16.8. The van der Waals surface area contributed by atoms with Crippen LogP contribution in [0.15, 0.2) is 79.0 Å². The number of rotatable bonds is 11. The second-order valence-corrected chi connectivity index (χ2v) is 21.6. The molecule has 60 heavy (non-hydrogen) atoms. The van der Waals surface area contributed by atoms with Gasteiger partial charge in [0, 0.05) is 67.1 Å². The minimum atomic E-state index is -3.47. The van der Waals surface area contributed by atoms with Gasteiger partial charge in [0.25, 0.3) is 5.91 Å². The number of aliphatic hydroxyl groups excluding tert-OH is 1. The van der Waals surface area contributed by atoms with Crippen LogP contribution in [0.25, 0.3) is 0 Å². The molecule has 4 aliphatic rings. The Morgan fingerprint density at radius 1 is 0.850 bits per heavy atom. The Bertz CT molecular complexity index is 2160. The van der Waals surface area contributed by atoms with Crippen molar-refractivity contribution in [3.05, 3.63) is 101 Å². The molecule has 1 unspecified atom stereocenters. The third-order valence-electron chi connectivity index (χ3n) is 13.4. The lowest BCUT2D eigenvalue weighted by Gasteiger charge is -2.32. The highest BCUT2D eigenvalue weighted by Crippen LogP contribution is 2.61. The maximum Gasteiger partial charge on any atom is 0.264 e. The van der Waals surface area contributed by atoms with Gasteiger partial charge in [0.15, 0.2) is 5.60 Å². The number of aliphatic hydroxyl groups is 1. The Kier molecular flexibility index (Phi) is 12.4. The fourth-order valence-electron chi connectivity index (χ4n) is 10.4. The summed E-state index contributed by atoms with van der Waals surface area (Å²) in [5.41, 5.74) is 3.46. The van der Waals surface area contributed by atoms with Crippen molar-refractivity contribution in [2.75, 3.05) is 34.4 Å². The van der Waals surface area contributed by atoms with E-state index >= 15 is 8.90 Å². The van der Waals surface area contributed by atoms with Crippen molar-refractivity contribution < 1.29 is 28.3 Å². The molecule has 5 atom stereocenters. The molecule has 0 saturated carbocycles. The lowest BCUT2D eigenvalue weighted by atomic mass is 9.82. The summed E-state index contributed by atoms with van der Waals surface area (Å²) in [6.45, 7) is 7.19. The number of nitrogens with zero attached hydrogens (tertiary/aromatic N) is 6. The summed E-state index contributed by atoms with van der Waals surface area (Å²) >= 11 is 0. The van der Waals surface area contributed by atoms with Gasteiger partial charge in [-0.1, -0.05) is 80.3 Å². The number of ether oxygens (including phenoxy) is 1. The first-order valence-corrected chi connectivity index (χ1v) is 25.0. The van der Waals surface area contributed by atoms with Crippen molar-refractivity contribution in [2.24, 2.45) is 5.92 Å². The van der Waals surface area contributed by atoms with Gasteiger partial charge in [-0.25, -0.2) is 0 Å². The minimum absolute atomic E-state index is 0.0693. The van der Waals surface area contributed by atoms with E-state index in [4.69, 9.17) is 4.74 Å². The molecule has 13 heteroatoms. The molecular weight excluding hydrogens is 776 g/mol. The lowest BCUT2D eigenvalue weighted by Crippen LogP contribution is -2.45. The summed E-state index contributed by atoms with van der Waals surface area (Å²) < 4.78 is 25.7. The summed E-state index contributed by atoms with van der Waals surface area (Å²) in [5.74, 6) is -0.857. The van der Waals surface area contributed by atoms with Gasteiger partial charge in [-0.15, -0.1) is 5.10 Å². The van der Waals surface area contributed by atoms with Crippen LogP contribution in [-0.4, -0.2) is 72.0 Å². The number of aromatic nitrogens is 3. The van der Waals surface area contributed by atoms with E-state index < -0.39 is 31.6 Å². The predicted molar refractivity (Wildman–Crippen MR) is 233 cm³/mol. The molecule has 1 aromatic heterocycles. The van der Waals surface area contributed by atoms with Crippen LogP contribution in [-0.2, 0) is 37.8 Å². The molecule has 3 amide bonds. The Labute approximate surface area is 354 Å². The fraction of sp³-hybridized carbons (Fsp3) is 0.511. The van der Waals surface area contributed by atoms with Crippen LogP contribution >= 0.6 is 0 Å². The number of hydrogen-bond donors (Lipinski definition) is 1. The number of fused-ring (bicyclic) bond motifs is 2. The average Bonchev–Trinajstić information content (AvgIpc) is 3.88. The third kappa shape index (κ3) is 8.20. The van der Waals surface area contributed by atoms with Gasteiger partial charge < -0.3 is 28.7 Å². The number of amides is 3. The Morgan fingerprint density at radius 2 is 1.48 bits per heavy atom. The summed E-state index contributed by atoms with van der Waals surface area (Å²) in [6, 6.07) is 23.5. The van der Waals surface area contributed by atoms with Gasteiger partial charge >= 0.3 is 0 Å². The molecule has 3 fully saturated rings. The number of aryl methyl sites for hydroxylation is 1. The molecule has 0 aliphatic carbocycles. The van der Waals surface area contributed by atoms with Crippen molar-refractivity contribution in [2.45, 2.75) is 127 Å². The zero-order valence-electron chi connectivity index (χ0n) is 35.3. The standard InChI is InChI=1S/C47H59FN6O5Si/c1-33-45(60(2,3)48)42(25-28-51-31-40(49-50-51)38(32-55)35-15-9-8-10-16-35)59-47(33)39-29-37(53-27-14-7-5-12-18-44(53)57)23-24-41(39)54(46(47)58)30-34-19-21-36(22-20-34)52-26-13-6-4-11-17-43(52)56/h8-10,15-16,19-24,29,31,33,38,42,45,55H,4-7,11-14,17-18,25-28,30,32H2,1-3H3/t33-,38?,42+,45-,47+/m1/s1. The van der Waals surface area contributed by atoms with Gasteiger partial charge in [-0.3, -0.25) is 19.1 Å². The van der Waals surface area contributed by atoms with E-state index in [2.05, 4.69) is 10.3 Å².